The van der Waals surface area contributed by atoms with Crippen molar-refractivity contribution in [3.8, 4) is 11.6 Å². The molecule has 2 aromatic carbocycles. The summed E-state index contributed by atoms with van der Waals surface area (Å²) < 4.78 is 5.55. The van der Waals surface area contributed by atoms with Crippen LogP contribution in [-0.4, -0.2) is 17.4 Å². The number of carbonyl (C=O) groups excluding carboxylic acids is 1. The number of benzene rings is 2. The smallest absolute Gasteiger partial charge is 0.250 e. The van der Waals surface area contributed by atoms with Gasteiger partial charge in [0.1, 0.15) is 5.75 Å². The number of aromatic nitrogens is 1. The molecule has 0 spiro atoms. The molecule has 0 unspecified atom stereocenters. The van der Waals surface area contributed by atoms with Crippen molar-refractivity contribution < 1.29 is 9.53 Å². The highest BCUT2D eigenvalue weighted by molar-refractivity contribution is 5.92. The zero-order valence-electron chi connectivity index (χ0n) is 14.8. The van der Waals surface area contributed by atoms with E-state index in [0.29, 0.717) is 23.7 Å². The highest BCUT2D eigenvalue weighted by atomic mass is 16.5. The minimum atomic E-state index is -0.509. The Labute approximate surface area is 153 Å². The lowest BCUT2D eigenvalue weighted by molar-refractivity contribution is 0.1000. The third kappa shape index (κ3) is 6.37. The first-order chi connectivity index (χ1) is 12.6. The van der Waals surface area contributed by atoms with Gasteiger partial charge in [-0.2, -0.15) is 0 Å². The second kappa shape index (κ2) is 9.96. The van der Waals surface area contributed by atoms with Crippen LogP contribution in [0.15, 0.2) is 72.9 Å². The lowest BCUT2D eigenvalue weighted by Gasteiger charge is -2.06. The molecule has 0 aliphatic rings. The number of amides is 1. The van der Waals surface area contributed by atoms with Crippen molar-refractivity contribution in [1.82, 2.24) is 4.98 Å². The van der Waals surface area contributed by atoms with Gasteiger partial charge >= 0.3 is 0 Å². The molecular weight excluding hydrogens is 326 g/mol. The van der Waals surface area contributed by atoms with Crippen molar-refractivity contribution in [2.24, 2.45) is 11.5 Å². The fourth-order valence-electron chi connectivity index (χ4n) is 2.13. The topological polar surface area (TPSA) is 91.2 Å². The molecule has 0 saturated heterocycles. The van der Waals surface area contributed by atoms with Crippen LogP contribution < -0.4 is 16.2 Å². The molecular formula is C21H23N3O2. The quantitative estimate of drug-likeness (QED) is 0.738. The molecule has 1 aromatic heterocycles. The zero-order chi connectivity index (χ0) is 18.8. The molecule has 5 nitrogen and oxygen atoms in total. The van der Waals surface area contributed by atoms with Gasteiger partial charge in [-0.25, -0.2) is 4.98 Å². The lowest BCUT2D eigenvalue weighted by atomic mass is 10.1. The number of carbonyl (C=O) groups is 1. The number of rotatable bonds is 5. The summed E-state index contributed by atoms with van der Waals surface area (Å²) in [6.45, 7) is 2.70. The van der Waals surface area contributed by atoms with Gasteiger partial charge in [-0.15, -0.1) is 0 Å². The van der Waals surface area contributed by atoms with Gasteiger partial charge < -0.3 is 16.2 Å². The van der Waals surface area contributed by atoms with E-state index in [2.05, 4.69) is 24.0 Å². The zero-order valence-corrected chi connectivity index (χ0v) is 14.8. The monoisotopic (exact) mass is 349 g/mol. The van der Waals surface area contributed by atoms with Gasteiger partial charge in [0, 0.05) is 12.3 Å². The van der Waals surface area contributed by atoms with E-state index in [1.165, 1.54) is 11.8 Å². The maximum Gasteiger partial charge on any atom is 0.250 e. The average molecular weight is 349 g/mol. The van der Waals surface area contributed by atoms with E-state index in [4.69, 9.17) is 16.2 Å². The number of nitrogens with zero attached hydrogens (tertiary/aromatic N) is 1. The molecule has 0 saturated carbocycles. The number of pyridine rings is 1. The first-order valence-electron chi connectivity index (χ1n) is 8.33. The molecule has 3 aromatic rings. The second-order valence-electron chi connectivity index (χ2n) is 5.69. The van der Waals surface area contributed by atoms with Gasteiger partial charge in [0.15, 0.2) is 0 Å². The fourth-order valence-corrected chi connectivity index (χ4v) is 2.13. The number of nitrogens with two attached hydrogens (primary N) is 2. The fraction of sp³-hybridized carbons (Fsp3) is 0.143. The predicted octanol–water partition coefficient (Wildman–Crippen LogP) is 3.47. The van der Waals surface area contributed by atoms with Gasteiger partial charge in [0.25, 0.3) is 0 Å². The van der Waals surface area contributed by atoms with Crippen LogP contribution in [0.1, 0.15) is 21.5 Å². The molecule has 0 radical (unpaired) electrons. The Hall–Kier alpha value is -3.18. The molecule has 1 amide bonds. The van der Waals surface area contributed by atoms with Crippen molar-refractivity contribution >= 4 is 5.91 Å². The highest BCUT2D eigenvalue weighted by Gasteiger charge is 2.03. The molecule has 4 N–H and O–H groups in total. The summed E-state index contributed by atoms with van der Waals surface area (Å²) >= 11 is 0. The Bertz CT molecular complexity index is 801. The van der Waals surface area contributed by atoms with Crippen LogP contribution in [0.4, 0.5) is 0 Å². The van der Waals surface area contributed by atoms with E-state index in [0.717, 1.165) is 12.0 Å². The van der Waals surface area contributed by atoms with E-state index in [9.17, 15) is 4.79 Å². The van der Waals surface area contributed by atoms with Crippen LogP contribution in [-0.2, 0) is 6.42 Å². The van der Waals surface area contributed by atoms with Crippen LogP contribution in [0.5, 0.6) is 11.6 Å². The van der Waals surface area contributed by atoms with Crippen LogP contribution in [0.25, 0.3) is 0 Å². The number of hydrogen-bond acceptors (Lipinski definition) is 4. The lowest BCUT2D eigenvalue weighted by Crippen LogP contribution is -2.10. The summed E-state index contributed by atoms with van der Waals surface area (Å²) in [5.41, 5.74) is 13.4. The standard InChI is InChI=1S/C14H15N3O2.C7H8/c15-8-7-10-1-4-12(5-2-10)19-13-6-3-11(9-17-13)14(16)18;1-7-5-3-2-4-6-7/h1-6,9H,7-8,15H2,(H2,16,18);2-6H,1H3. The predicted molar refractivity (Wildman–Crippen MR) is 103 cm³/mol. The first-order valence-corrected chi connectivity index (χ1v) is 8.33. The van der Waals surface area contributed by atoms with Crippen molar-refractivity contribution in [3.63, 3.8) is 0 Å². The summed E-state index contributed by atoms with van der Waals surface area (Å²) in [6.07, 6.45) is 2.23. The van der Waals surface area contributed by atoms with Gasteiger partial charge in [-0.05, 0) is 43.7 Å². The highest BCUT2D eigenvalue weighted by Crippen LogP contribution is 2.19. The number of ether oxygens (including phenoxy) is 1. The summed E-state index contributed by atoms with van der Waals surface area (Å²) in [4.78, 5) is 14.9. The molecule has 5 heteroatoms. The van der Waals surface area contributed by atoms with Crippen molar-refractivity contribution in [1.29, 1.82) is 0 Å². The minimum absolute atomic E-state index is 0.352. The van der Waals surface area contributed by atoms with E-state index in [1.807, 2.05) is 42.5 Å². The Morgan fingerprint density at radius 1 is 1.00 bits per heavy atom. The summed E-state index contributed by atoms with van der Waals surface area (Å²) in [5, 5.41) is 0. The number of hydrogen-bond donors (Lipinski definition) is 2. The van der Waals surface area contributed by atoms with Crippen molar-refractivity contribution in [2.75, 3.05) is 6.54 Å². The van der Waals surface area contributed by atoms with E-state index < -0.39 is 5.91 Å². The van der Waals surface area contributed by atoms with Crippen molar-refractivity contribution in [2.45, 2.75) is 13.3 Å². The summed E-state index contributed by atoms with van der Waals surface area (Å²) in [6, 6.07) is 21.1. The Kier molecular flexibility index (Phi) is 7.33. The van der Waals surface area contributed by atoms with Gasteiger partial charge in [0.2, 0.25) is 11.8 Å². The maximum absolute atomic E-state index is 10.9. The van der Waals surface area contributed by atoms with Crippen LogP contribution in [0, 0.1) is 6.92 Å². The molecule has 0 fully saturated rings. The van der Waals surface area contributed by atoms with Gasteiger partial charge in [-0.1, -0.05) is 48.0 Å². The normalized spacial score (nSPS) is 9.77. The molecule has 3 rings (SSSR count). The Balaban J connectivity index is 0.000000290. The van der Waals surface area contributed by atoms with Crippen LogP contribution in [0.2, 0.25) is 0 Å². The molecule has 134 valence electrons. The van der Waals surface area contributed by atoms with Gasteiger partial charge in [-0.3, -0.25) is 4.79 Å². The number of aryl methyl sites for hydroxylation is 1. The third-order valence-corrected chi connectivity index (χ3v) is 3.54. The maximum atomic E-state index is 10.9. The van der Waals surface area contributed by atoms with Crippen LogP contribution in [0.3, 0.4) is 0 Å². The molecule has 1 heterocycles. The third-order valence-electron chi connectivity index (χ3n) is 3.54. The Morgan fingerprint density at radius 3 is 2.15 bits per heavy atom. The second-order valence-corrected chi connectivity index (χ2v) is 5.69. The van der Waals surface area contributed by atoms with E-state index in [-0.39, 0.29) is 0 Å². The number of primary amides is 1. The van der Waals surface area contributed by atoms with Gasteiger partial charge in [0.05, 0.1) is 5.56 Å². The van der Waals surface area contributed by atoms with E-state index in [1.54, 1.807) is 12.1 Å². The van der Waals surface area contributed by atoms with Crippen LogP contribution >= 0.6 is 0 Å². The largest absolute Gasteiger partial charge is 0.439 e. The minimum Gasteiger partial charge on any atom is -0.439 e. The molecule has 0 aliphatic carbocycles. The van der Waals surface area contributed by atoms with Crippen molar-refractivity contribution in [3.05, 3.63) is 89.6 Å². The summed E-state index contributed by atoms with van der Waals surface area (Å²) in [5.74, 6) is 0.585. The first kappa shape index (κ1) is 19.1. The molecule has 0 aliphatic heterocycles. The SMILES string of the molecule is Cc1ccccc1.NCCc1ccc(Oc2ccc(C(N)=O)cn2)cc1. The average Bonchev–Trinajstić information content (AvgIpc) is 2.65. The van der Waals surface area contributed by atoms with E-state index >= 15 is 0 Å². The molecule has 26 heavy (non-hydrogen) atoms. The summed E-state index contributed by atoms with van der Waals surface area (Å²) in [7, 11) is 0. The Morgan fingerprint density at radius 2 is 1.69 bits per heavy atom. The molecule has 0 atom stereocenters. The molecule has 0 bridgehead atoms.